The fourth-order valence-corrected chi connectivity index (χ4v) is 5.23. The highest BCUT2D eigenvalue weighted by Crippen LogP contribution is 2.31. The second-order valence-electron chi connectivity index (χ2n) is 10.3. The Bertz CT molecular complexity index is 1060. The fraction of sp³-hybridized carbons (Fsp3) is 0.536. The number of aliphatic hydroxyl groups is 1. The van der Waals surface area contributed by atoms with E-state index in [0.29, 0.717) is 23.6 Å². The van der Waals surface area contributed by atoms with E-state index < -0.39 is 0 Å². The molecule has 2 aromatic rings. The number of rotatable bonds is 7. The number of carbonyl (C=O) groups excluding carboxylic acids is 1. The predicted octanol–water partition coefficient (Wildman–Crippen LogP) is 3.96. The number of hydrogen-bond acceptors (Lipinski definition) is 6. The van der Waals surface area contributed by atoms with Crippen molar-refractivity contribution in [2.75, 3.05) is 33.3 Å². The maximum atomic E-state index is 13.6. The first-order valence-corrected chi connectivity index (χ1v) is 12.7. The van der Waals surface area contributed by atoms with Crippen molar-refractivity contribution < 1.29 is 14.6 Å². The third-order valence-corrected chi connectivity index (χ3v) is 7.40. The summed E-state index contributed by atoms with van der Waals surface area (Å²) in [4.78, 5) is 22.3. The molecule has 186 valence electrons. The van der Waals surface area contributed by atoms with Gasteiger partial charge in [-0.2, -0.15) is 5.26 Å². The number of aliphatic hydroxyl groups excluding tert-OH is 1. The molecule has 3 atom stereocenters. The van der Waals surface area contributed by atoms with Crippen molar-refractivity contribution in [1.82, 2.24) is 14.8 Å². The van der Waals surface area contributed by atoms with Crippen LogP contribution in [0.2, 0.25) is 0 Å². The van der Waals surface area contributed by atoms with E-state index in [4.69, 9.17) is 10.00 Å². The number of amides is 1. The second kappa shape index (κ2) is 11.2. The first kappa shape index (κ1) is 25.2. The Labute approximate surface area is 208 Å². The van der Waals surface area contributed by atoms with Gasteiger partial charge in [0.2, 0.25) is 5.88 Å². The van der Waals surface area contributed by atoms with Crippen LogP contribution < -0.4 is 4.74 Å². The molecule has 2 heterocycles. The van der Waals surface area contributed by atoms with Crippen molar-refractivity contribution in [1.29, 1.82) is 5.26 Å². The van der Waals surface area contributed by atoms with E-state index in [2.05, 4.69) is 29.9 Å². The summed E-state index contributed by atoms with van der Waals surface area (Å²) in [6, 6.07) is 10.8. The summed E-state index contributed by atoms with van der Waals surface area (Å²) in [6.45, 7) is 6.18. The molecular weight excluding hydrogens is 440 g/mol. The van der Waals surface area contributed by atoms with Crippen LogP contribution in [-0.4, -0.2) is 71.2 Å². The van der Waals surface area contributed by atoms with Crippen molar-refractivity contribution in [3.8, 4) is 23.1 Å². The highest BCUT2D eigenvalue weighted by atomic mass is 16.5. The molecule has 1 aliphatic heterocycles. The SMILES string of the molecule is C[C@H](CO)N1C[C@H](C)[C@@H](CN(C)CC2CCCC2)Oc2ncc(-c3ccc(C#N)cc3)cc2C1=O. The lowest BCUT2D eigenvalue weighted by atomic mass is 9.98. The molecule has 0 saturated heterocycles. The molecule has 2 aliphatic rings. The molecule has 35 heavy (non-hydrogen) atoms. The van der Waals surface area contributed by atoms with Gasteiger partial charge in [-0.15, -0.1) is 0 Å². The third kappa shape index (κ3) is 5.83. The van der Waals surface area contributed by atoms with E-state index in [9.17, 15) is 9.90 Å². The quantitative estimate of drug-likeness (QED) is 0.651. The van der Waals surface area contributed by atoms with Crippen molar-refractivity contribution in [3.05, 3.63) is 47.7 Å². The summed E-state index contributed by atoms with van der Waals surface area (Å²) in [5.74, 6) is 0.978. The Morgan fingerprint density at radius 2 is 1.94 bits per heavy atom. The molecule has 1 aromatic carbocycles. The number of nitriles is 1. The molecule has 1 N–H and O–H groups in total. The van der Waals surface area contributed by atoms with Gasteiger partial charge < -0.3 is 19.6 Å². The number of aromatic nitrogens is 1. The van der Waals surface area contributed by atoms with Gasteiger partial charge in [-0.3, -0.25) is 4.79 Å². The monoisotopic (exact) mass is 476 g/mol. The number of hydrogen-bond donors (Lipinski definition) is 1. The highest BCUT2D eigenvalue weighted by Gasteiger charge is 2.34. The van der Waals surface area contributed by atoms with E-state index in [1.807, 2.05) is 25.1 Å². The summed E-state index contributed by atoms with van der Waals surface area (Å²) < 4.78 is 6.44. The van der Waals surface area contributed by atoms with E-state index in [-0.39, 0.29) is 30.6 Å². The largest absolute Gasteiger partial charge is 0.472 e. The van der Waals surface area contributed by atoms with Crippen LogP contribution in [0, 0.1) is 23.2 Å². The standard InChI is InChI=1S/C28H36N4O3/c1-19-15-32(20(2)18-33)28(34)25-12-24(23-10-8-21(13-29)9-11-23)14-30-27(25)35-26(19)17-31(3)16-22-6-4-5-7-22/h8-12,14,19-20,22,26,33H,4-7,15-18H2,1-3H3/t19-,20+,26+/m0/s1. The molecule has 1 aliphatic carbocycles. The lowest BCUT2D eigenvalue weighted by Crippen LogP contribution is -2.50. The molecule has 4 rings (SSSR count). The Morgan fingerprint density at radius 1 is 1.23 bits per heavy atom. The van der Waals surface area contributed by atoms with Crippen LogP contribution in [0.1, 0.15) is 55.5 Å². The zero-order valence-electron chi connectivity index (χ0n) is 21.0. The minimum Gasteiger partial charge on any atom is -0.472 e. The van der Waals surface area contributed by atoms with Crippen LogP contribution in [0.3, 0.4) is 0 Å². The molecular formula is C28H36N4O3. The summed E-state index contributed by atoms with van der Waals surface area (Å²) in [6.07, 6.45) is 6.83. The molecule has 0 unspecified atom stereocenters. The number of carbonyl (C=O) groups is 1. The molecule has 1 saturated carbocycles. The highest BCUT2D eigenvalue weighted by molar-refractivity contribution is 5.98. The molecule has 0 bridgehead atoms. The molecule has 1 aromatic heterocycles. The van der Waals surface area contributed by atoms with Crippen molar-refractivity contribution in [2.24, 2.45) is 11.8 Å². The molecule has 7 heteroatoms. The van der Waals surface area contributed by atoms with Crippen molar-refractivity contribution in [2.45, 2.75) is 51.7 Å². The molecule has 0 spiro atoms. The van der Waals surface area contributed by atoms with Gasteiger partial charge in [-0.25, -0.2) is 4.98 Å². The minimum absolute atomic E-state index is 0.0760. The average molecular weight is 477 g/mol. The molecule has 1 amide bonds. The van der Waals surface area contributed by atoms with Crippen LogP contribution in [-0.2, 0) is 0 Å². The van der Waals surface area contributed by atoms with E-state index in [1.165, 1.54) is 25.7 Å². The van der Waals surface area contributed by atoms with Gasteiger partial charge >= 0.3 is 0 Å². The lowest BCUT2D eigenvalue weighted by Gasteiger charge is -2.38. The van der Waals surface area contributed by atoms with E-state index in [1.54, 1.807) is 23.2 Å². The predicted molar refractivity (Wildman–Crippen MR) is 135 cm³/mol. The zero-order chi connectivity index (χ0) is 24.9. The fourth-order valence-electron chi connectivity index (χ4n) is 5.23. The Balaban J connectivity index is 1.64. The first-order valence-electron chi connectivity index (χ1n) is 12.7. The smallest absolute Gasteiger partial charge is 0.259 e. The van der Waals surface area contributed by atoms with Crippen LogP contribution in [0.25, 0.3) is 11.1 Å². The number of likely N-dealkylation sites (N-methyl/N-ethyl adjacent to an activating group) is 1. The first-order chi connectivity index (χ1) is 16.9. The topological polar surface area (TPSA) is 89.7 Å². The Hall–Kier alpha value is -2.95. The lowest BCUT2D eigenvalue weighted by molar-refractivity contribution is 0.0320. The molecule has 1 fully saturated rings. The maximum absolute atomic E-state index is 13.6. The van der Waals surface area contributed by atoms with Gasteiger partial charge in [0, 0.05) is 37.3 Å². The average Bonchev–Trinajstić information content (AvgIpc) is 3.38. The van der Waals surface area contributed by atoms with Gasteiger partial charge in [0.05, 0.1) is 24.3 Å². The summed E-state index contributed by atoms with van der Waals surface area (Å²) >= 11 is 0. The van der Waals surface area contributed by atoms with Crippen LogP contribution >= 0.6 is 0 Å². The number of pyridine rings is 1. The van der Waals surface area contributed by atoms with Gasteiger partial charge in [0.1, 0.15) is 11.7 Å². The normalized spacial score (nSPS) is 21.7. The van der Waals surface area contributed by atoms with Crippen molar-refractivity contribution >= 4 is 5.91 Å². The van der Waals surface area contributed by atoms with Gasteiger partial charge in [-0.05, 0) is 56.5 Å². The zero-order valence-corrected chi connectivity index (χ0v) is 21.0. The maximum Gasteiger partial charge on any atom is 0.259 e. The van der Waals surface area contributed by atoms with E-state index in [0.717, 1.165) is 30.1 Å². The minimum atomic E-state index is -0.314. The van der Waals surface area contributed by atoms with Gasteiger partial charge in [-0.1, -0.05) is 31.9 Å². The molecule has 0 radical (unpaired) electrons. The number of benzene rings is 1. The number of ether oxygens (including phenoxy) is 1. The van der Waals surface area contributed by atoms with Crippen LogP contribution in [0.4, 0.5) is 0 Å². The van der Waals surface area contributed by atoms with Gasteiger partial charge in [0.15, 0.2) is 0 Å². The third-order valence-electron chi connectivity index (χ3n) is 7.40. The summed E-state index contributed by atoms with van der Waals surface area (Å²) in [7, 11) is 2.15. The Kier molecular flexibility index (Phi) is 8.04. The molecule has 7 nitrogen and oxygen atoms in total. The van der Waals surface area contributed by atoms with E-state index >= 15 is 0 Å². The summed E-state index contributed by atoms with van der Waals surface area (Å²) in [5, 5.41) is 19.0. The number of nitrogens with zero attached hydrogens (tertiary/aromatic N) is 4. The summed E-state index contributed by atoms with van der Waals surface area (Å²) in [5.41, 5.74) is 2.64. The van der Waals surface area contributed by atoms with Crippen molar-refractivity contribution in [3.63, 3.8) is 0 Å². The number of fused-ring (bicyclic) bond motifs is 1. The second-order valence-corrected chi connectivity index (χ2v) is 10.3. The van der Waals surface area contributed by atoms with Crippen LogP contribution in [0.15, 0.2) is 36.5 Å². The van der Waals surface area contributed by atoms with Crippen LogP contribution in [0.5, 0.6) is 5.88 Å². The Morgan fingerprint density at radius 3 is 2.60 bits per heavy atom. The van der Waals surface area contributed by atoms with Gasteiger partial charge in [0.25, 0.3) is 5.91 Å².